The Hall–Kier alpha value is -4.95. The highest BCUT2D eigenvalue weighted by molar-refractivity contribution is 6.18. The number of aromatic nitrogens is 2. The molecule has 172 valence electrons. The van der Waals surface area contributed by atoms with Crippen molar-refractivity contribution in [2.75, 3.05) is 0 Å². The Bertz CT molecular complexity index is 1950. The van der Waals surface area contributed by atoms with E-state index in [1.54, 1.807) is 0 Å². The van der Waals surface area contributed by atoms with Crippen LogP contribution in [0.2, 0.25) is 0 Å². The molecule has 1 aliphatic carbocycles. The third-order valence-electron chi connectivity index (χ3n) is 7.55. The van der Waals surface area contributed by atoms with Crippen molar-refractivity contribution in [3.05, 3.63) is 133 Å². The molecule has 0 saturated carbocycles. The van der Waals surface area contributed by atoms with Gasteiger partial charge in [0.05, 0.1) is 11.0 Å². The van der Waals surface area contributed by atoms with E-state index in [4.69, 9.17) is 4.98 Å². The summed E-state index contributed by atoms with van der Waals surface area (Å²) in [6, 6.07) is 47.7. The molecule has 0 N–H and O–H groups in total. The normalized spacial score (nSPS) is 11.8. The first kappa shape index (κ1) is 20.3. The third kappa shape index (κ3) is 2.96. The van der Waals surface area contributed by atoms with Gasteiger partial charge in [0.15, 0.2) is 0 Å². The molecule has 7 aromatic rings. The molecule has 0 bridgehead atoms. The van der Waals surface area contributed by atoms with Crippen LogP contribution in [0.5, 0.6) is 0 Å². The van der Waals surface area contributed by atoms with Crippen molar-refractivity contribution in [3.63, 3.8) is 0 Å². The highest BCUT2D eigenvalue weighted by Gasteiger charge is 2.22. The summed E-state index contributed by atoms with van der Waals surface area (Å²) in [4.78, 5) is 5.08. The Kier molecular flexibility index (Phi) is 4.26. The fourth-order valence-electron chi connectivity index (χ4n) is 5.94. The number of nitrogens with zero attached hydrogens (tertiary/aromatic N) is 2. The minimum Gasteiger partial charge on any atom is -0.292 e. The van der Waals surface area contributed by atoms with Gasteiger partial charge in [0.25, 0.3) is 0 Å². The number of rotatable bonds is 3. The summed E-state index contributed by atoms with van der Waals surface area (Å²) in [7, 11) is 0. The van der Waals surface area contributed by atoms with Crippen LogP contribution in [0.25, 0.3) is 72.3 Å². The summed E-state index contributed by atoms with van der Waals surface area (Å²) in [6.45, 7) is 0. The molecular formula is C35H22N2. The first-order chi connectivity index (χ1) is 18.4. The van der Waals surface area contributed by atoms with E-state index in [9.17, 15) is 0 Å². The summed E-state index contributed by atoms with van der Waals surface area (Å²) in [5.41, 5.74) is 12.1. The van der Waals surface area contributed by atoms with E-state index >= 15 is 0 Å². The summed E-state index contributed by atoms with van der Waals surface area (Å²) in [5, 5.41) is 2.64. The van der Waals surface area contributed by atoms with Gasteiger partial charge in [-0.1, -0.05) is 103 Å². The topological polar surface area (TPSA) is 17.8 Å². The van der Waals surface area contributed by atoms with Crippen molar-refractivity contribution in [2.24, 2.45) is 0 Å². The Labute approximate surface area is 215 Å². The second kappa shape index (κ2) is 7.78. The average molecular weight is 471 g/mol. The van der Waals surface area contributed by atoms with Gasteiger partial charge in [-0.05, 0) is 74.5 Å². The lowest BCUT2D eigenvalue weighted by Gasteiger charge is -2.13. The molecule has 0 fully saturated rings. The summed E-state index contributed by atoms with van der Waals surface area (Å²) < 4.78 is 2.26. The van der Waals surface area contributed by atoms with Crippen LogP contribution in [-0.2, 0) is 0 Å². The molecule has 1 aromatic heterocycles. The molecule has 0 atom stereocenters. The fourth-order valence-corrected chi connectivity index (χ4v) is 5.94. The molecule has 0 spiro atoms. The molecule has 0 aliphatic heterocycles. The Balaban J connectivity index is 1.34. The van der Waals surface area contributed by atoms with E-state index in [2.05, 4.69) is 138 Å². The van der Waals surface area contributed by atoms with E-state index in [0.717, 1.165) is 28.1 Å². The van der Waals surface area contributed by atoms with Gasteiger partial charge in [0.2, 0.25) is 0 Å². The van der Waals surface area contributed by atoms with E-state index in [1.807, 2.05) is 0 Å². The lowest BCUT2D eigenvalue weighted by molar-refractivity contribution is 1.10. The van der Waals surface area contributed by atoms with Crippen LogP contribution in [0, 0.1) is 0 Å². The molecule has 1 aliphatic rings. The van der Waals surface area contributed by atoms with Crippen LogP contribution in [0.1, 0.15) is 0 Å². The second-order valence-electron chi connectivity index (χ2n) is 9.61. The Morgan fingerprint density at radius 2 is 1.11 bits per heavy atom. The molecule has 0 saturated heterocycles. The minimum absolute atomic E-state index is 0.951. The predicted molar refractivity (Wildman–Crippen MR) is 154 cm³/mol. The number of hydrogen-bond acceptors (Lipinski definition) is 1. The van der Waals surface area contributed by atoms with E-state index < -0.39 is 0 Å². The highest BCUT2D eigenvalue weighted by Crippen LogP contribution is 2.49. The van der Waals surface area contributed by atoms with Gasteiger partial charge in [-0.3, -0.25) is 4.57 Å². The van der Waals surface area contributed by atoms with Crippen LogP contribution >= 0.6 is 0 Å². The zero-order valence-corrected chi connectivity index (χ0v) is 20.1. The first-order valence-corrected chi connectivity index (χ1v) is 12.7. The van der Waals surface area contributed by atoms with Crippen LogP contribution in [0.4, 0.5) is 0 Å². The maximum atomic E-state index is 5.08. The second-order valence-corrected chi connectivity index (χ2v) is 9.61. The van der Waals surface area contributed by atoms with Gasteiger partial charge in [-0.2, -0.15) is 0 Å². The molecular weight excluding hydrogens is 448 g/mol. The standard InChI is InChI=1S/C35H22N2/c1-2-12-25(13-3-1)37-33-19-7-6-18-32(33)36-35(37)24-11-8-10-23(22-24)26-20-21-31-28-15-5-4-14-27(28)30-17-9-16-29(26)34(30)31/h1-22H. The van der Waals surface area contributed by atoms with Crippen LogP contribution < -0.4 is 0 Å². The lowest BCUT2D eigenvalue weighted by atomic mass is 9.93. The van der Waals surface area contributed by atoms with Crippen LogP contribution in [0.3, 0.4) is 0 Å². The van der Waals surface area contributed by atoms with Crippen LogP contribution in [0.15, 0.2) is 133 Å². The molecule has 2 heteroatoms. The maximum Gasteiger partial charge on any atom is 0.145 e. The van der Waals surface area contributed by atoms with Gasteiger partial charge in [0.1, 0.15) is 5.82 Å². The SMILES string of the molecule is c1ccc(-n2c(-c3cccc(-c4ccc5c6c(cccc46)-c4ccccc4-5)c3)nc3ccccc32)cc1. The predicted octanol–water partition coefficient (Wildman–Crippen LogP) is 9.16. The fraction of sp³-hybridized carbons (Fsp3) is 0. The van der Waals surface area contributed by atoms with Crippen molar-refractivity contribution in [3.8, 4) is 50.5 Å². The van der Waals surface area contributed by atoms with Gasteiger partial charge < -0.3 is 0 Å². The number of para-hydroxylation sites is 3. The minimum atomic E-state index is 0.951. The summed E-state index contributed by atoms with van der Waals surface area (Å²) in [6.07, 6.45) is 0. The Morgan fingerprint density at radius 3 is 1.97 bits per heavy atom. The van der Waals surface area contributed by atoms with Crippen molar-refractivity contribution < 1.29 is 0 Å². The average Bonchev–Trinajstić information content (AvgIpc) is 3.52. The molecule has 0 unspecified atom stereocenters. The van der Waals surface area contributed by atoms with Gasteiger partial charge in [-0.15, -0.1) is 0 Å². The summed E-state index contributed by atoms with van der Waals surface area (Å²) >= 11 is 0. The quantitative estimate of drug-likeness (QED) is 0.252. The molecule has 6 aromatic carbocycles. The van der Waals surface area contributed by atoms with Crippen molar-refractivity contribution in [1.29, 1.82) is 0 Å². The molecule has 2 nitrogen and oxygen atoms in total. The van der Waals surface area contributed by atoms with Crippen molar-refractivity contribution >= 4 is 21.8 Å². The molecule has 0 radical (unpaired) electrons. The highest BCUT2D eigenvalue weighted by atomic mass is 15.1. The van der Waals surface area contributed by atoms with Gasteiger partial charge in [0, 0.05) is 11.3 Å². The van der Waals surface area contributed by atoms with E-state index in [0.29, 0.717) is 0 Å². The molecule has 8 rings (SSSR count). The molecule has 1 heterocycles. The number of fused-ring (bicyclic) bond motifs is 4. The van der Waals surface area contributed by atoms with Gasteiger partial charge >= 0.3 is 0 Å². The lowest BCUT2D eigenvalue weighted by Crippen LogP contribution is -1.97. The zero-order chi connectivity index (χ0) is 24.3. The van der Waals surface area contributed by atoms with Gasteiger partial charge in [-0.25, -0.2) is 4.98 Å². The number of imidazole rings is 1. The van der Waals surface area contributed by atoms with E-state index in [-0.39, 0.29) is 0 Å². The smallest absolute Gasteiger partial charge is 0.145 e. The number of hydrogen-bond donors (Lipinski definition) is 0. The summed E-state index contributed by atoms with van der Waals surface area (Å²) in [5.74, 6) is 0.951. The zero-order valence-electron chi connectivity index (χ0n) is 20.1. The number of benzene rings is 6. The maximum absolute atomic E-state index is 5.08. The Morgan fingerprint density at radius 1 is 0.459 bits per heavy atom. The van der Waals surface area contributed by atoms with Crippen molar-refractivity contribution in [2.45, 2.75) is 0 Å². The van der Waals surface area contributed by atoms with Crippen molar-refractivity contribution in [1.82, 2.24) is 9.55 Å². The molecule has 37 heavy (non-hydrogen) atoms. The largest absolute Gasteiger partial charge is 0.292 e. The molecule has 0 amide bonds. The monoisotopic (exact) mass is 470 g/mol. The van der Waals surface area contributed by atoms with E-state index in [1.165, 1.54) is 44.2 Å². The third-order valence-corrected chi connectivity index (χ3v) is 7.55. The van der Waals surface area contributed by atoms with Crippen LogP contribution in [-0.4, -0.2) is 9.55 Å². The first-order valence-electron chi connectivity index (χ1n) is 12.7.